The highest BCUT2D eigenvalue weighted by molar-refractivity contribution is 7.17. The maximum absolute atomic E-state index is 16.0. The molecule has 240 valence electrons. The molecule has 0 aliphatic carbocycles. The Balaban J connectivity index is 1.60. The van der Waals surface area contributed by atoms with E-state index in [2.05, 4.69) is 23.5 Å². The molecule has 5 heterocycles. The summed E-state index contributed by atoms with van der Waals surface area (Å²) in [7, 11) is 1.52. The van der Waals surface area contributed by atoms with E-state index in [1.165, 1.54) is 24.5 Å². The normalized spacial score (nSPS) is 14.8. The number of pyridine rings is 2. The van der Waals surface area contributed by atoms with Crippen LogP contribution in [0.25, 0.3) is 38.2 Å². The van der Waals surface area contributed by atoms with Crippen molar-refractivity contribution in [2.45, 2.75) is 25.9 Å². The molecule has 2 aliphatic heterocycles. The Bertz CT molecular complexity index is 1980. The van der Waals surface area contributed by atoms with Crippen LogP contribution in [0.5, 0.6) is 0 Å². The maximum atomic E-state index is 16.0. The van der Waals surface area contributed by atoms with Crippen molar-refractivity contribution in [1.29, 1.82) is 0 Å². The molecule has 0 fully saturated rings. The van der Waals surface area contributed by atoms with Crippen molar-refractivity contribution in [3.8, 4) is 22.5 Å². The number of nitrogens with zero attached hydrogens (tertiary/aromatic N) is 3. The summed E-state index contributed by atoms with van der Waals surface area (Å²) >= 11 is 1.38. The molecular weight excluding hydrogens is 622 g/mol. The highest BCUT2D eigenvalue weighted by Crippen LogP contribution is 2.45. The number of allylic oxidation sites excluding steroid dienone is 3. The molecule has 0 unspecified atom stereocenters. The largest absolute Gasteiger partial charge is 0.491 e. The number of methoxy groups -OCH3 is 1. The number of amides is 2. The van der Waals surface area contributed by atoms with Gasteiger partial charge in [0, 0.05) is 65.8 Å². The average molecular weight is 655 g/mol. The predicted molar refractivity (Wildman–Crippen MR) is 178 cm³/mol. The summed E-state index contributed by atoms with van der Waals surface area (Å²) in [5, 5.41) is 5.48. The van der Waals surface area contributed by atoms with Gasteiger partial charge in [-0.15, -0.1) is 11.3 Å². The molecule has 0 bridgehead atoms. The minimum atomic E-state index is -0.882. The van der Waals surface area contributed by atoms with E-state index in [0.717, 1.165) is 33.7 Å². The molecule has 0 saturated carbocycles. The third-order valence-corrected chi connectivity index (χ3v) is 9.20. The number of aromatic nitrogens is 2. The van der Waals surface area contributed by atoms with Crippen LogP contribution in [0.2, 0.25) is 0 Å². The molecule has 4 aromatic rings. The number of rotatable bonds is 10. The fourth-order valence-electron chi connectivity index (χ4n) is 5.95. The van der Waals surface area contributed by atoms with E-state index in [0.29, 0.717) is 59.0 Å². The van der Waals surface area contributed by atoms with Crippen LogP contribution >= 0.6 is 11.3 Å². The minimum Gasteiger partial charge on any atom is -0.491 e. The van der Waals surface area contributed by atoms with Gasteiger partial charge >= 0.3 is 0 Å². The highest BCUT2D eigenvalue weighted by atomic mass is 32.1. The first kappa shape index (κ1) is 32.0. The lowest BCUT2D eigenvalue weighted by Gasteiger charge is -2.28. The molecule has 11 heteroatoms. The lowest BCUT2D eigenvalue weighted by molar-refractivity contribution is -0.127. The Kier molecular flexibility index (Phi) is 9.37. The molecule has 3 aromatic heterocycles. The molecule has 0 radical (unpaired) electrons. The molecule has 6 rings (SSSR count). The van der Waals surface area contributed by atoms with Gasteiger partial charge < -0.3 is 19.7 Å². The van der Waals surface area contributed by atoms with Crippen molar-refractivity contribution in [2.24, 2.45) is 0 Å². The second-order valence-corrected chi connectivity index (χ2v) is 12.0. The first-order valence-corrected chi connectivity index (χ1v) is 15.9. The summed E-state index contributed by atoms with van der Waals surface area (Å²) < 4.78 is 41.1. The zero-order valence-electron chi connectivity index (χ0n) is 25.8. The smallest absolute Gasteiger partial charge is 0.246 e. The monoisotopic (exact) mass is 654 g/mol. The summed E-state index contributed by atoms with van der Waals surface area (Å²) in [4.78, 5) is 36.0. The minimum absolute atomic E-state index is 0.00458. The Morgan fingerprint density at radius 3 is 2.77 bits per heavy atom. The van der Waals surface area contributed by atoms with Gasteiger partial charge in [-0.2, -0.15) is 0 Å². The van der Waals surface area contributed by atoms with Gasteiger partial charge in [0.05, 0.1) is 42.0 Å². The molecule has 0 atom stereocenters. The van der Waals surface area contributed by atoms with E-state index < -0.39 is 5.83 Å². The maximum Gasteiger partial charge on any atom is 0.246 e. The first-order chi connectivity index (χ1) is 22.8. The Morgan fingerprint density at radius 1 is 1.15 bits per heavy atom. The van der Waals surface area contributed by atoms with Crippen LogP contribution in [0.1, 0.15) is 27.9 Å². The highest BCUT2D eigenvalue weighted by Gasteiger charge is 2.27. The molecule has 1 aromatic carbocycles. The van der Waals surface area contributed by atoms with E-state index in [1.54, 1.807) is 11.1 Å². The molecule has 2 aliphatic rings. The van der Waals surface area contributed by atoms with Gasteiger partial charge in [-0.1, -0.05) is 25.3 Å². The average Bonchev–Trinajstić information content (AvgIpc) is 3.58. The SMILES string of the molecule is C=CC(=O)N1CCc2ccc(-c3nc(-c4cnc5c(c4)CNC(=O)C5)c4ccsc4c3/C(C(=C)OCCOC)=C(F)/C=C/F)cc2C1. The number of hydrogen-bond acceptors (Lipinski definition) is 7. The number of halogens is 2. The molecule has 0 spiro atoms. The van der Waals surface area contributed by atoms with E-state index in [4.69, 9.17) is 14.5 Å². The van der Waals surface area contributed by atoms with Crippen molar-refractivity contribution in [3.63, 3.8) is 0 Å². The third-order valence-electron chi connectivity index (χ3n) is 8.26. The van der Waals surface area contributed by atoms with Crippen molar-refractivity contribution < 1.29 is 27.8 Å². The number of carbonyl (C=O) groups is 2. The van der Waals surface area contributed by atoms with Crippen LogP contribution in [0, 0.1) is 0 Å². The van der Waals surface area contributed by atoms with Gasteiger partial charge in [0.1, 0.15) is 18.2 Å². The van der Waals surface area contributed by atoms with Crippen molar-refractivity contribution in [3.05, 3.63) is 113 Å². The first-order valence-electron chi connectivity index (χ1n) is 15.0. The summed E-state index contributed by atoms with van der Waals surface area (Å²) in [6.45, 7) is 9.30. The van der Waals surface area contributed by atoms with Crippen LogP contribution in [-0.2, 0) is 45.0 Å². The van der Waals surface area contributed by atoms with Crippen molar-refractivity contribution in [2.75, 3.05) is 26.9 Å². The van der Waals surface area contributed by atoms with Gasteiger partial charge in [0.2, 0.25) is 11.8 Å². The number of nitrogens with one attached hydrogen (secondary N) is 1. The molecule has 47 heavy (non-hydrogen) atoms. The third kappa shape index (κ3) is 6.36. The predicted octanol–water partition coefficient (Wildman–Crippen LogP) is 6.61. The van der Waals surface area contributed by atoms with E-state index in [9.17, 15) is 14.0 Å². The Labute approximate surface area is 274 Å². The van der Waals surface area contributed by atoms with Gasteiger partial charge in [-0.05, 0) is 52.8 Å². The summed E-state index contributed by atoms with van der Waals surface area (Å²) in [5.41, 5.74) is 6.40. The second-order valence-electron chi connectivity index (χ2n) is 11.1. The quantitative estimate of drug-likeness (QED) is 0.0896. The van der Waals surface area contributed by atoms with Crippen LogP contribution in [0.4, 0.5) is 8.78 Å². The van der Waals surface area contributed by atoms with E-state index in [1.807, 2.05) is 35.7 Å². The van der Waals surface area contributed by atoms with Crippen molar-refractivity contribution in [1.82, 2.24) is 20.2 Å². The summed E-state index contributed by atoms with van der Waals surface area (Å²) in [6.07, 6.45) is 4.73. The zero-order valence-corrected chi connectivity index (χ0v) is 26.6. The zero-order chi connectivity index (χ0) is 33.1. The molecule has 0 saturated heterocycles. The van der Waals surface area contributed by atoms with Crippen LogP contribution in [-0.4, -0.2) is 53.6 Å². The van der Waals surface area contributed by atoms with E-state index in [-0.39, 0.29) is 49.1 Å². The van der Waals surface area contributed by atoms with Gasteiger partial charge in [-0.25, -0.2) is 13.8 Å². The fraction of sp³-hybridized carbons (Fsp3) is 0.222. The van der Waals surface area contributed by atoms with Crippen molar-refractivity contribution >= 4 is 38.8 Å². The molecular formula is C36H32F2N4O4S. The molecule has 1 N–H and O–H groups in total. The Hall–Kier alpha value is -5.00. The van der Waals surface area contributed by atoms with Gasteiger partial charge in [0.25, 0.3) is 0 Å². The van der Waals surface area contributed by atoms with Crippen LogP contribution in [0.3, 0.4) is 0 Å². The summed E-state index contributed by atoms with van der Waals surface area (Å²) in [6, 6.07) is 9.75. The standard InChI is InChI=1S/C36H32F2N4O4S/c1-4-31(44)42-11-8-22-5-6-23(15-26(22)20-42)35-33(32(28(38)7-10-37)21(2)46-13-12-45-3)36-27(9-14-47-36)34(41-35)25-16-24-18-40-30(43)17-29(24)39-19-25/h4-7,9-10,14-16,19H,1-2,8,11-13,17-18,20H2,3H3,(H,40,43)/b10-7+,32-28-. The fourth-order valence-corrected chi connectivity index (χ4v) is 6.90. The number of benzene rings is 1. The topological polar surface area (TPSA) is 93.7 Å². The Morgan fingerprint density at radius 2 is 1.98 bits per heavy atom. The number of hydrogen-bond donors (Lipinski definition) is 1. The number of fused-ring (bicyclic) bond motifs is 3. The van der Waals surface area contributed by atoms with Crippen LogP contribution in [0.15, 0.2) is 85.1 Å². The molecule has 2 amide bonds. The number of carbonyl (C=O) groups excluding carboxylic acids is 2. The number of thiophene rings is 1. The lowest BCUT2D eigenvalue weighted by atomic mass is 9.91. The second kappa shape index (κ2) is 13.8. The van der Waals surface area contributed by atoms with Gasteiger partial charge in [0.15, 0.2) is 0 Å². The molecule has 8 nitrogen and oxygen atoms in total. The van der Waals surface area contributed by atoms with Crippen LogP contribution < -0.4 is 5.32 Å². The number of ether oxygens (including phenoxy) is 2. The van der Waals surface area contributed by atoms with E-state index >= 15 is 4.39 Å². The van der Waals surface area contributed by atoms with Gasteiger partial charge in [-0.3, -0.25) is 14.6 Å². The lowest BCUT2D eigenvalue weighted by Crippen LogP contribution is -2.34. The summed E-state index contributed by atoms with van der Waals surface area (Å²) in [5.74, 6) is -1.13.